The number of hydrogen-bond donors (Lipinski definition) is 3. The highest BCUT2D eigenvalue weighted by molar-refractivity contribution is 5.11. The molecule has 0 radical (unpaired) electrons. The van der Waals surface area contributed by atoms with E-state index in [4.69, 9.17) is 16.6 Å². The highest BCUT2D eigenvalue weighted by Gasteiger charge is 2.14. The summed E-state index contributed by atoms with van der Waals surface area (Å²) in [5.41, 5.74) is 12.4. The second-order valence-corrected chi connectivity index (χ2v) is 2.45. The third kappa shape index (κ3) is 1.36. The van der Waals surface area contributed by atoms with Crippen LogP contribution < -0.4 is 11.5 Å². The summed E-state index contributed by atoms with van der Waals surface area (Å²) in [6.07, 6.45) is 1.78. The van der Waals surface area contributed by atoms with Gasteiger partial charge in [-0.15, -0.1) is 0 Å². The Morgan fingerprint density at radius 3 is 2.44 bits per heavy atom. The monoisotopic (exact) mass is 128 g/mol. The maximum Gasteiger partial charge on any atom is 0.0599 e. The summed E-state index contributed by atoms with van der Waals surface area (Å²) in [7, 11) is 0. The fraction of sp³-hybridized carbons (Fsp3) is 0.667. The van der Waals surface area contributed by atoms with Gasteiger partial charge in [-0.05, 0) is 12.8 Å². The molecule has 3 heteroatoms. The van der Waals surface area contributed by atoms with Crippen molar-refractivity contribution in [2.75, 3.05) is 0 Å². The number of aliphatic hydroxyl groups excluding tert-OH is 1. The molecule has 0 spiro atoms. The van der Waals surface area contributed by atoms with Crippen LogP contribution in [0.1, 0.15) is 19.3 Å². The van der Waals surface area contributed by atoms with Gasteiger partial charge < -0.3 is 16.6 Å². The molecule has 0 saturated carbocycles. The lowest BCUT2D eigenvalue weighted by atomic mass is 10.00. The normalized spacial score (nSPS) is 28.8. The second kappa shape index (κ2) is 2.27. The van der Waals surface area contributed by atoms with Crippen molar-refractivity contribution in [3.63, 3.8) is 0 Å². The zero-order valence-electron chi connectivity index (χ0n) is 5.30. The van der Waals surface area contributed by atoms with Crippen molar-refractivity contribution in [2.45, 2.75) is 25.4 Å². The Morgan fingerprint density at radius 1 is 1.33 bits per heavy atom. The smallest absolute Gasteiger partial charge is 0.0599 e. The van der Waals surface area contributed by atoms with Crippen LogP contribution in [0.4, 0.5) is 0 Å². The maximum atomic E-state index is 9.03. The summed E-state index contributed by atoms with van der Waals surface area (Å²) in [6.45, 7) is 0. The summed E-state index contributed by atoms with van der Waals surface area (Å²) in [4.78, 5) is 0. The second-order valence-electron chi connectivity index (χ2n) is 2.45. The van der Waals surface area contributed by atoms with Crippen LogP contribution in [0.15, 0.2) is 11.4 Å². The summed E-state index contributed by atoms with van der Waals surface area (Å²) in [5, 5.41) is 9.03. The number of aliphatic hydroxyl groups is 1. The fourth-order valence-corrected chi connectivity index (χ4v) is 0.970. The molecule has 0 saturated heterocycles. The van der Waals surface area contributed by atoms with Crippen LogP contribution in [0.2, 0.25) is 0 Å². The predicted molar refractivity (Wildman–Crippen MR) is 35.3 cm³/mol. The largest absolute Gasteiger partial charge is 0.401 e. The zero-order valence-corrected chi connectivity index (χ0v) is 5.30. The minimum absolute atomic E-state index is 0.266. The van der Waals surface area contributed by atoms with E-state index >= 15 is 0 Å². The molecule has 0 aromatic heterocycles. The van der Waals surface area contributed by atoms with E-state index in [1.165, 1.54) is 0 Å². The van der Waals surface area contributed by atoms with Crippen LogP contribution in [0.3, 0.4) is 0 Å². The summed E-state index contributed by atoms with van der Waals surface area (Å²) in [5.74, 6) is 0. The molecule has 5 N–H and O–H groups in total. The average Bonchev–Trinajstić information content (AvgIpc) is 1.80. The third-order valence-corrected chi connectivity index (χ3v) is 1.61. The number of hydrogen-bond acceptors (Lipinski definition) is 3. The van der Waals surface area contributed by atoms with Gasteiger partial charge in [0.25, 0.3) is 0 Å². The van der Waals surface area contributed by atoms with Crippen LogP contribution in [-0.2, 0) is 0 Å². The molecule has 0 bridgehead atoms. The molecular weight excluding hydrogens is 116 g/mol. The zero-order chi connectivity index (χ0) is 6.85. The van der Waals surface area contributed by atoms with Crippen molar-refractivity contribution in [3.8, 4) is 0 Å². The predicted octanol–water partition coefficient (Wildman–Crippen LogP) is -0.340. The molecule has 1 rings (SSSR count). The van der Waals surface area contributed by atoms with Gasteiger partial charge in [0, 0.05) is 17.8 Å². The summed E-state index contributed by atoms with van der Waals surface area (Å²) in [6, 6.07) is 0. The Morgan fingerprint density at radius 2 is 2.00 bits per heavy atom. The van der Waals surface area contributed by atoms with Gasteiger partial charge in [-0.1, -0.05) is 0 Å². The average molecular weight is 128 g/mol. The Balaban J connectivity index is 2.61. The van der Waals surface area contributed by atoms with Crippen molar-refractivity contribution < 1.29 is 5.11 Å². The van der Waals surface area contributed by atoms with Crippen LogP contribution in [0.25, 0.3) is 0 Å². The van der Waals surface area contributed by atoms with Crippen LogP contribution in [0, 0.1) is 0 Å². The molecule has 3 nitrogen and oxygen atoms in total. The van der Waals surface area contributed by atoms with E-state index in [1.54, 1.807) is 0 Å². The molecule has 52 valence electrons. The molecule has 0 aliphatic heterocycles. The molecule has 1 aliphatic rings. The van der Waals surface area contributed by atoms with Crippen LogP contribution >= 0.6 is 0 Å². The topological polar surface area (TPSA) is 72.3 Å². The first-order valence-corrected chi connectivity index (χ1v) is 3.11. The van der Waals surface area contributed by atoms with E-state index in [0.29, 0.717) is 12.1 Å². The molecule has 1 aliphatic carbocycles. The van der Waals surface area contributed by atoms with Gasteiger partial charge >= 0.3 is 0 Å². The first-order chi connectivity index (χ1) is 4.20. The molecule has 1 atom stereocenters. The van der Waals surface area contributed by atoms with Crippen molar-refractivity contribution in [1.29, 1.82) is 0 Å². The molecule has 9 heavy (non-hydrogen) atoms. The molecule has 0 heterocycles. The third-order valence-electron chi connectivity index (χ3n) is 1.61. The standard InChI is InChI=1S/C6H12N2O/c7-5-2-1-4(9)3-6(5)8/h4,9H,1-3,7-8H2. The number of rotatable bonds is 0. The number of nitrogens with two attached hydrogens (primary N) is 2. The van der Waals surface area contributed by atoms with Gasteiger partial charge in [0.2, 0.25) is 0 Å². The van der Waals surface area contributed by atoms with Gasteiger partial charge in [0.05, 0.1) is 6.10 Å². The Hall–Kier alpha value is -0.700. The van der Waals surface area contributed by atoms with E-state index in [1.807, 2.05) is 0 Å². The highest BCUT2D eigenvalue weighted by atomic mass is 16.3. The molecule has 1 unspecified atom stereocenters. The molecule has 0 fully saturated rings. The number of allylic oxidation sites excluding steroid dienone is 1. The first-order valence-electron chi connectivity index (χ1n) is 3.11. The van der Waals surface area contributed by atoms with Crippen molar-refractivity contribution in [3.05, 3.63) is 11.4 Å². The Kier molecular flexibility index (Phi) is 1.62. The quantitative estimate of drug-likeness (QED) is 0.418. The lowest BCUT2D eigenvalue weighted by Gasteiger charge is -2.18. The van der Waals surface area contributed by atoms with Gasteiger partial charge in [-0.2, -0.15) is 0 Å². The van der Waals surface area contributed by atoms with Gasteiger partial charge in [0.15, 0.2) is 0 Å². The first kappa shape index (κ1) is 6.42. The highest BCUT2D eigenvalue weighted by Crippen LogP contribution is 2.17. The summed E-state index contributed by atoms with van der Waals surface area (Å²) < 4.78 is 0. The SMILES string of the molecule is NC1=C(N)CC(O)CC1. The van der Waals surface area contributed by atoms with E-state index in [9.17, 15) is 0 Å². The molecule has 0 aromatic rings. The van der Waals surface area contributed by atoms with Crippen LogP contribution in [0.5, 0.6) is 0 Å². The van der Waals surface area contributed by atoms with Crippen molar-refractivity contribution in [1.82, 2.24) is 0 Å². The molecule has 0 aromatic carbocycles. The van der Waals surface area contributed by atoms with E-state index in [2.05, 4.69) is 0 Å². The van der Waals surface area contributed by atoms with E-state index in [0.717, 1.165) is 18.5 Å². The Bertz CT molecular complexity index is 142. The van der Waals surface area contributed by atoms with E-state index < -0.39 is 0 Å². The fourth-order valence-electron chi connectivity index (χ4n) is 0.970. The summed E-state index contributed by atoms with van der Waals surface area (Å²) >= 11 is 0. The molecule has 0 amide bonds. The van der Waals surface area contributed by atoms with E-state index in [-0.39, 0.29) is 6.10 Å². The minimum atomic E-state index is -0.266. The van der Waals surface area contributed by atoms with Crippen molar-refractivity contribution >= 4 is 0 Å². The van der Waals surface area contributed by atoms with Gasteiger partial charge in [0.1, 0.15) is 0 Å². The molecular formula is C6H12N2O. The van der Waals surface area contributed by atoms with Gasteiger partial charge in [-0.25, -0.2) is 0 Å². The van der Waals surface area contributed by atoms with Crippen molar-refractivity contribution in [2.24, 2.45) is 11.5 Å². The maximum absolute atomic E-state index is 9.03. The minimum Gasteiger partial charge on any atom is -0.401 e. The van der Waals surface area contributed by atoms with Gasteiger partial charge in [-0.3, -0.25) is 0 Å². The lowest BCUT2D eigenvalue weighted by Crippen LogP contribution is -2.22. The lowest BCUT2D eigenvalue weighted by molar-refractivity contribution is 0.157. The van der Waals surface area contributed by atoms with Crippen LogP contribution in [-0.4, -0.2) is 11.2 Å². The Labute approximate surface area is 54.3 Å².